The summed E-state index contributed by atoms with van der Waals surface area (Å²) in [5.41, 5.74) is 1.32. The molecule has 0 amide bonds. The topological polar surface area (TPSA) is 109 Å². The Balaban J connectivity index is 1.68. The lowest BCUT2D eigenvalue weighted by atomic mass is 9.40. The van der Waals surface area contributed by atoms with Gasteiger partial charge in [-0.15, -0.1) is 0 Å². The molecule has 0 radical (unpaired) electrons. The van der Waals surface area contributed by atoms with Gasteiger partial charge in [0.25, 0.3) is 0 Å². The Hall–Kier alpha value is -3.16. The zero-order valence-corrected chi connectivity index (χ0v) is 24.5. The van der Waals surface area contributed by atoms with E-state index in [2.05, 4.69) is 6.92 Å². The van der Waals surface area contributed by atoms with E-state index in [1.807, 2.05) is 26.8 Å². The predicted molar refractivity (Wildman–Crippen MR) is 144 cm³/mol. The summed E-state index contributed by atoms with van der Waals surface area (Å²) in [6.45, 7) is 11.6. The lowest BCUT2D eigenvalue weighted by Gasteiger charge is -2.63. The van der Waals surface area contributed by atoms with Crippen molar-refractivity contribution < 1.29 is 37.8 Å². The highest BCUT2D eigenvalue weighted by molar-refractivity contribution is 5.93. The normalized spacial score (nSPS) is 36.8. The van der Waals surface area contributed by atoms with E-state index in [1.165, 1.54) is 7.11 Å². The van der Waals surface area contributed by atoms with Gasteiger partial charge in [0.1, 0.15) is 18.0 Å². The number of allylic oxidation sites excluding steroid dienone is 2. The van der Waals surface area contributed by atoms with Gasteiger partial charge in [0.05, 0.1) is 32.0 Å². The minimum absolute atomic E-state index is 0.0272. The SMILES string of the molecule is CC=C(C)C(=O)O[C@@H]1[C@@H]2CC3=C4CC(=O)O[C@@H](c5ccoc5)[C@]4(C)CC[C@H]3[C@@](C)(C2=O)[C@@H](CC(=O)OC)C1(C)C. The highest BCUT2D eigenvalue weighted by atomic mass is 16.6. The van der Waals surface area contributed by atoms with Crippen molar-refractivity contribution in [3.05, 3.63) is 47.0 Å². The van der Waals surface area contributed by atoms with E-state index in [-0.39, 0.29) is 30.5 Å². The van der Waals surface area contributed by atoms with Crippen LogP contribution in [0.15, 0.2) is 45.8 Å². The zero-order chi connectivity index (χ0) is 29.2. The van der Waals surface area contributed by atoms with Gasteiger partial charge in [-0.3, -0.25) is 14.4 Å². The van der Waals surface area contributed by atoms with E-state index in [0.29, 0.717) is 18.4 Å². The first kappa shape index (κ1) is 28.4. The molecule has 8 nitrogen and oxygen atoms in total. The summed E-state index contributed by atoms with van der Waals surface area (Å²) in [7, 11) is 1.35. The fraction of sp³-hybridized carbons (Fsp3) is 0.625. The summed E-state index contributed by atoms with van der Waals surface area (Å²) in [6, 6.07) is 1.83. The molecule has 2 heterocycles. The van der Waals surface area contributed by atoms with Gasteiger partial charge in [0, 0.05) is 33.8 Å². The highest BCUT2D eigenvalue weighted by Crippen LogP contribution is 2.68. The summed E-state index contributed by atoms with van der Waals surface area (Å²) in [6.07, 6.45) is 5.69. The fourth-order valence-corrected chi connectivity index (χ4v) is 8.52. The molecule has 2 bridgehead atoms. The molecule has 216 valence electrons. The molecular formula is C32H40O8. The molecule has 0 N–H and O–H groups in total. The molecule has 0 spiro atoms. The number of furan rings is 1. The number of cyclic esters (lactones) is 1. The summed E-state index contributed by atoms with van der Waals surface area (Å²) in [5, 5.41) is 0. The number of methoxy groups -OCH3 is 1. The van der Waals surface area contributed by atoms with Gasteiger partial charge in [-0.2, -0.15) is 0 Å². The summed E-state index contributed by atoms with van der Waals surface area (Å²) < 4.78 is 22.5. The number of carbonyl (C=O) groups excluding carboxylic acids is 4. The van der Waals surface area contributed by atoms with E-state index >= 15 is 0 Å². The molecule has 3 aliphatic carbocycles. The van der Waals surface area contributed by atoms with Gasteiger partial charge in [0.15, 0.2) is 0 Å². The maximum atomic E-state index is 14.5. The molecule has 0 unspecified atom stereocenters. The van der Waals surface area contributed by atoms with Crippen LogP contribution in [0.4, 0.5) is 0 Å². The van der Waals surface area contributed by atoms with Crippen LogP contribution in [0.2, 0.25) is 0 Å². The van der Waals surface area contributed by atoms with Crippen molar-refractivity contribution in [3.63, 3.8) is 0 Å². The first-order chi connectivity index (χ1) is 18.8. The number of esters is 3. The molecule has 4 aliphatic rings. The number of carbonyl (C=O) groups is 4. The minimum Gasteiger partial charge on any atom is -0.472 e. The molecule has 7 atom stereocenters. The minimum atomic E-state index is -0.894. The smallest absolute Gasteiger partial charge is 0.333 e. The van der Waals surface area contributed by atoms with Gasteiger partial charge >= 0.3 is 17.9 Å². The molecular weight excluding hydrogens is 512 g/mol. The second-order valence-corrected chi connectivity index (χ2v) is 13.0. The third-order valence-corrected chi connectivity index (χ3v) is 10.8. The van der Waals surface area contributed by atoms with E-state index in [9.17, 15) is 19.2 Å². The summed E-state index contributed by atoms with van der Waals surface area (Å²) in [4.78, 5) is 53.3. The van der Waals surface area contributed by atoms with Crippen LogP contribution >= 0.6 is 0 Å². The van der Waals surface area contributed by atoms with Crippen LogP contribution in [0.25, 0.3) is 0 Å². The highest BCUT2D eigenvalue weighted by Gasteiger charge is 2.68. The Labute approximate surface area is 235 Å². The summed E-state index contributed by atoms with van der Waals surface area (Å²) in [5.74, 6) is -2.32. The molecule has 8 heteroatoms. The van der Waals surface area contributed by atoms with Gasteiger partial charge in [-0.05, 0) is 56.6 Å². The second kappa shape index (κ2) is 9.74. The molecule has 1 aliphatic heterocycles. The average molecular weight is 553 g/mol. The van der Waals surface area contributed by atoms with Crippen molar-refractivity contribution in [3.8, 4) is 0 Å². The first-order valence-corrected chi connectivity index (χ1v) is 14.2. The molecule has 5 rings (SSSR count). The van der Waals surface area contributed by atoms with Gasteiger partial charge in [-0.25, -0.2) is 4.79 Å². The van der Waals surface area contributed by atoms with Crippen LogP contribution in [0.1, 0.15) is 85.3 Å². The Bertz CT molecular complexity index is 1300. The van der Waals surface area contributed by atoms with Crippen molar-refractivity contribution in [1.29, 1.82) is 0 Å². The fourth-order valence-electron chi connectivity index (χ4n) is 8.52. The maximum absolute atomic E-state index is 14.5. The van der Waals surface area contributed by atoms with Crippen LogP contribution in [0.3, 0.4) is 0 Å². The molecule has 1 saturated heterocycles. The predicted octanol–water partition coefficient (Wildman–Crippen LogP) is 5.67. The third-order valence-electron chi connectivity index (χ3n) is 10.8. The zero-order valence-electron chi connectivity index (χ0n) is 24.5. The molecule has 2 saturated carbocycles. The van der Waals surface area contributed by atoms with Crippen LogP contribution < -0.4 is 0 Å². The van der Waals surface area contributed by atoms with E-state index in [4.69, 9.17) is 18.6 Å². The number of Topliss-reactive ketones (excluding diaryl/α,β-unsaturated/α-hetero) is 1. The Morgan fingerprint density at radius 1 is 1.18 bits per heavy atom. The van der Waals surface area contributed by atoms with E-state index in [1.54, 1.807) is 32.4 Å². The lowest BCUT2D eigenvalue weighted by molar-refractivity contribution is -0.197. The standard InChI is InChI=1S/C32H40O8/c1-8-17(2)29(36)40-28-20-13-19-21(32(6,26(20)35)23(30(28,3)4)15-24(33)37-7)9-11-31(5)22(19)14-25(34)39-27(31)18-10-12-38-16-18/h8,10,12,16,20-21,23,27-28H,9,11,13-15H2,1-7H3/t20-,21-,23+,27+,28-,31-,32-/m1/s1. The van der Waals surface area contributed by atoms with Gasteiger partial charge in [-0.1, -0.05) is 39.3 Å². The van der Waals surface area contributed by atoms with Crippen LogP contribution in [-0.2, 0) is 33.4 Å². The van der Waals surface area contributed by atoms with E-state index in [0.717, 1.165) is 23.1 Å². The first-order valence-electron chi connectivity index (χ1n) is 14.2. The monoisotopic (exact) mass is 552 g/mol. The Kier molecular flexibility index (Phi) is 6.91. The van der Waals surface area contributed by atoms with Crippen LogP contribution in [0.5, 0.6) is 0 Å². The molecule has 1 aromatic heterocycles. The second-order valence-electron chi connectivity index (χ2n) is 13.0. The van der Waals surface area contributed by atoms with Crippen molar-refractivity contribution in [1.82, 2.24) is 0 Å². The third kappa shape index (κ3) is 4.00. The van der Waals surface area contributed by atoms with Crippen LogP contribution in [-0.4, -0.2) is 36.9 Å². The van der Waals surface area contributed by atoms with Gasteiger partial charge in [0.2, 0.25) is 0 Å². The Morgan fingerprint density at radius 3 is 2.52 bits per heavy atom. The van der Waals surface area contributed by atoms with Gasteiger partial charge < -0.3 is 18.6 Å². The van der Waals surface area contributed by atoms with Crippen molar-refractivity contribution in [2.75, 3.05) is 7.11 Å². The van der Waals surface area contributed by atoms with E-state index < -0.39 is 52.2 Å². The number of ether oxygens (including phenoxy) is 3. The maximum Gasteiger partial charge on any atom is 0.333 e. The molecule has 1 aromatic rings. The number of hydrogen-bond donors (Lipinski definition) is 0. The molecule has 3 fully saturated rings. The quantitative estimate of drug-likeness (QED) is 0.199. The van der Waals surface area contributed by atoms with Crippen molar-refractivity contribution >= 4 is 23.7 Å². The molecule has 40 heavy (non-hydrogen) atoms. The van der Waals surface area contributed by atoms with Crippen molar-refractivity contribution in [2.24, 2.45) is 34.0 Å². The number of fused-ring (bicyclic) bond motifs is 5. The number of ketones is 1. The molecule has 0 aromatic carbocycles. The summed E-state index contributed by atoms with van der Waals surface area (Å²) >= 11 is 0. The Morgan fingerprint density at radius 2 is 1.90 bits per heavy atom. The van der Waals surface area contributed by atoms with Crippen molar-refractivity contribution in [2.45, 2.75) is 85.9 Å². The van der Waals surface area contributed by atoms with Crippen LogP contribution in [0, 0.1) is 34.0 Å². The average Bonchev–Trinajstić information content (AvgIpc) is 3.45. The lowest BCUT2D eigenvalue weighted by Crippen LogP contribution is -2.66. The largest absolute Gasteiger partial charge is 0.472 e. The number of rotatable bonds is 5. The number of hydrogen-bond acceptors (Lipinski definition) is 8.